The summed E-state index contributed by atoms with van der Waals surface area (Å²) < 4.78 is 0.306. The first-order valence-electron chi connectivity index (χ1n) is 3.24. The van der Waals surface area contributed by atoms with Gasteiger partial charge in [0.2, 0.25) is 0 Å². The standard InChI is InChI=1S/C8H7IO3/c1-4-2-6(11)7(9)8(12)5(4)3-10/h2-3,11-12H,1H3. The Kier molecular flexibility index (Phi) is 2.56. The van der Waals surface area contributed by atoms with E-state index in [0.717, 1.165) is 0 Å². The van der Waals surface area contributed by atoms with E-state index in [1.54, 1.807) is 29.5 Å². The van der Waals surface area contributed by atoms with Gasteiger partial charge in [-0.25, -0.2) is 0 Å². The van der Waals surface area contributed by atoms with Gasteiger partial charge in [0.25, 0.3) is 0 Å². The SMILES string of the molecule is Cc1cc(O)c(I)c(O)c1C=O. The fraction of sp³-hybridized carbons (Fsp3) is 0.125. The predicted octanol–water partition coefficient (Wildman–Crippen LogP) is 1.82. The lowest BCUT2D eigenvalue weighted by molar-refractivity contribution is 0.112. The molecule has 1 aromatic rings. The summed E-state index contributed by atoms with van der Waals surface area (Å²) in [6.45, 7) is 1.65. The summed E-state index contributed by atoms with van der Waals surface area (Å²) in [5.74, 6) is -0.153. The van der Waals surface area contributed by atoms with Crippen molar-refractivity contribution >= 4 is 28.9 Å². The number of hydrogen-bond acceptors (Lipinski definition) is 3. The zero-order valence-electron chi connectivity index (χ0n) is 6.34. The maximum atomic E-state index is 10.5. The second-order valence-electron chi connectivity index (χ2n) is 2.41. The lowest BCUT2D eigenvalue weighted by Gasteiger charge is -2.05. The second kappa shape index (κ2) is 3.30. The molecule has 0 saturated heterocycles. The zero-order valence-corrected chi connectivity index (χ0v) is 8.49. The van der Waals surface area contributed by atoms with E-state index >= 15 is 0 Å². The van der Waals surface area contributed by atoms with E-state index in [0.29, 0.717) is 15.4 Å². The number of phenols is 2. The number of carbonyl (C=O) groups is 1. The lowest BCUT2D eigenvalue weighted by Crippen LogP contribution is -1.90. The predicted molar refractivity (Wildman–Crippen MR) is 52.6 cm³/mol. The van der Waals surface area contributed by atoms with Crippen LogP contribution in [-0.4, -0.2) is 16.5 Å². The van der Waals surface area contributed by atoms with Gasteiger partial charge in [-0.2, -0.15) is 0 Å². The molecule has 0 heterocycles. The van der Waals surface area contributed by atoms with E-state index in [4.69, 9.17) is 0 Å². The molecule has 3 nitrogen and oxygen atoms in total. The largest absolute Gasteiger partial charge is 0.507 e. The van der Waals surface area contributed by atoms with Gasteiger partial charge in [-0.1, -0.05) is 0 Å². The number of aldehydes is 1. The van der Waals surface area contributed by atoms with E-state index in [9.17, 15) is 15.0 Å². The fourth-order valence-corrected chi connectivity index (χ4v) is 1.37. The van der Waals surface area contributed by atoms with Crippen LogP contribution in [0, 0.1) is 10.5 Å². The summed E-state index contributed by atoms with van der Waals surface area (Å²) >= 11 is 1.78. The third-order valence-electron chi connectivity index (χ3n) is 1.58. The first-order chi connectivity index (χ1) is 5.57. The van der Waals surface area contributed by atoms with Crippen molar-refractivity contribution in [2.75, 3.05) is 0 Å². The number of aryl methyl sites for hydroxylation is 1. The van der Waals surface area contributed by atoms with Crippen molar-refractivity contribution in [2.45, 2.75) is 6.92 Å². The lowest BCUT2D eigenvalue weighted by atomic mass is 10.1. The van der Waals surface area contributed by atoms with Gasteiger partial charge in [-0.05, 0) is 41.1 Å². The van der Waals surface area contributed by atoms with Crippen LogP contribution >= 0.6 is 22.6 Å². The summed E-state index contributed by atoms with van der Waals surface area (Å²) in [6.07, 6.45) is 0.576. The number of carbonyl (C=O) groups excluding carboxylic acids is 1. The molecule has 1 aromatic carbocycles. The smallest absolute Gasteiger partial charge is 0.154 e. The van der Waals surface area contributed by atoms with Crippen LogP contribution in [0.5, 0.6) is 11.5 Å². The van der Waals surface area contributed by atoms with E-state index in [2.05, 4.69) is 0 Å². The third kappa shape index (κ3) is 1.38. The molecule has 4 heteroatoms. The molecule has 0 aromatic heterocycles. The Bertz CT molecular complexity index is 334. The number of rotatable bonds is 1. The highest BCUT2D eigenvalue weighted by Crippen LogP contribution is 2.33. The highest BCUT2D eigenvalue weighted by Gasteiger charge is 2.11. The van der Waals surface area contributed by atoms with Crippen molar-refractivity contribution in [2.24, 2.45) is 0 Å². The van der Waals surface area contributed by atoms with Crippen molar-refractivity contribution in [1.82, 2.24) is 0 Å². The van der Waals surface area contributed by atoms with Crippen LogP contribution in [0.3, 0.4) is 0 Å². The normalized spacial score (nSPS) is 9.83. The molecular formula is C8H7IO3. The van der Waals surface area contributed by atoms with Gasteiger partial charge in [-0.15, -0.1) is 0 Å². The number of halogens is 1. The maximum Gasteiger partial charge on any atom is 0.154 e. The van der Waals surface area contributed by atoms with Crippen LogP contribution in [0.1, 0.15) is 15.9 Å². The molecule has 1 rings (SSSR count). The summed E-state index contributed by atoms with van der Waals surface area (Å²) in [4.78, 5) is 10.5. The van der Waals surface area contributed by atoms with Crippen LogP contribution in [0.15, 0.2) is 6.07 Å². The molecule has 0 aliphatic rings. The van der Waals surface area contributed by atoms with Crippen LogP contribution in [-0.2, 0) is 0 Å². The molecule has 2 N–H and O–H groups in total. The van der Waals surface area contributed by atoms with Gasteiger partial charge in [0, 0.05) is 0 Å². The van der Waals surface area contributed by atoms with Gasteiger partial charge in [0.15, 0.2) is 6.29 Å². The van der Waals surface area contributed by atoms with Gasteiger partial charge < -0.3 is 10.2 Å². The van der Waals surface area contributed by atoms with Crippen molar-refractivity contribution in [3.05, 3.63) is 20.8 Å². The molecule has 12 heavy (non-hydrogen) atoms. The van der Waals surface area contributed by atoms with E-state index < -0.39 is 0 Å². The number of phenolic OH excluding ortho intramolecular Hbond substituents is 2. The van der Waals surface area contributed by atoms with E-state index in [-0.39, 0.29) is 17.1 Å². The van der Waals surface area contributed by atoms with Crippen molar-refractivity contribution in [3.63, 3.8) is 0 Å². The van der Waals surface area contributed by atoms with Crippen LogP contribution < -0.4 is 0 Å². The first kappa shape index (κ1) is 9.31. The Morgan fingerprint density at radius 3 is 2.58 bits per heavy atom. The molecule has 0 aliphatic heterocycles. The van der Waals surface area contributed by atoms with Crippen molar-refractivity contribution in [3.8, 4) is 11.5 Å². The Hall–Kier alpha value is -0.780. The average Bonchev–Trinajstić information content (AvgIpc) is 2.01. The minimum absolute atomic E-state index is 0.00352. The molecule has 0 radical (unpaired) electrons. The Morgan fingerprint density at radius 2 is 2.08 bits per heavy atom. The van der Waals surface area contributed by atoms with Crippen LogP contribution in [0.2, 0.25) is 0 Å². The minimum atomic E-state index is -0.150. The summed E-state index contributed by atoms with van der Waals surface area (Å²) in [5.41, 5.74) is 0.803. The average molecular weight is 278 g/mol. The summed E-state index contributed by atoms with van der Waals surface area (Å²) in [7, 11) is 0. The number of benzene rings is 1. The molecule has 0 bridgehead atoms. The molecular weight excluding hydrogens is 271 g/mol. The van der Waals surface area contributed by atoms with Gasteiger partial charge >= 0.3 is 0 Å². The van der Waals surface area contributed by atoms with Crippen LogP contribution in [0.25, 0.3) is 0 Å². The summed E-state index contributed by atoms with van der Waals surface area (Å²) in [5, 5.41) is 18.6. The Morgan fingerprint density at radius 1 is 1.50 bits per heavy atom. The van der Waals surface area contributed by atoms with Gasteiger partial charge in [0.1, 0.15) is 11.5 Å². The highest BCUT2D eigenvalue weighted by molar-refractivity contribution is 14.1. The second-order valence-corrected chi connectivity index (χ2v) is 3.49. The topological polar surface area (TPSA) is 57.5 Å². The third-order valence-corrected chi connectivity index (χ3v) is 2.65. The van der Waals surface area contributed by atoms with Crippen molar-refractivity contribution in [1.29, 1.82) is 0 Å². The van der Waals surface area contributed by atoms with Gasteiger partial charge in [0.05, 0.1) is 9.13 Å². The molecule has 0 saturated carbocycles. The quantitative estimate of drug-likeness (QED) is 0.608. The van der Waals surface area contributed by atoms with Gasteiger partial charge in [-0.3, -0.25) is 4.79 Å². The highest BCUT2D eigenvalue weighted by atomic mass is 127. The molecule has 0 spiro atoms. The zero-order chi connectivity index (χ0) is 9.30. The monoisotopic (exact) mass is 278 g/mol. The Balaban J connectivity index is 3.51. The van der Waals surface area contributed by atoms with Crippen molar-refractivity contribution < 1.29 is 15.0 Å². The fourth-order valence-electron chi connectivity index (χ4n) is 0.921. The molecule has 0 fully saturated rings. The molecule has 64 valence electrons. The molecule has 0 amide bonds. The van der Waals surface area contributed by atoms with E-state index in [1.165, 1.54) is 6.07 Å². The van der Waals surface area contributed by atoms with Crippen LogP contribution in [0.4, 0.5) is 0 Å². The van der Waals surface area contributed by atoms with E-state index in [1.807, 2.05) is 0 Å². The summed E-state index contributed by atoms with van der Waals surface area (Å²) in [6, 6.07) is 1.45. The molecule has 0 unspecified atom stereocenters. The maximum absolute atomic E-state index is 10.5. The molecule has 0 atom stereocenters. The number of hydrogen-bond donors (Lipinski definition) is 2. The first-order valence-corrected chi connectivity index (χ1v) is 4.32. The number of aromatic hydroxyl groups is 2. The molecule has 0 aliphatic carbocycles. The minimum Gasteiger partial charge on any atom is -0.507 e. The Labute approximate surface area is 83.2 Å².